The quantitative estimate of drug-likeness (QED) is 0.761. The highest BCUT2D eigenvalue weighted by molar-refractivity contribution is 5.91. The van der Waals surface area contributed by atoms with Gasteiger partial charge in [-0.2, -0.15) is 10.2 Å². The Hall–Kier alpha value is -2.37. The van der Waals surface area contributed by atoms with Crippen LogP contribution < -0.4 is 0 Å². The van der Waals surface area contributed by atoms with Crippen molar-refractivity contribution >= 4 is 12.0 Å². The first-order chi connectivity index (χ1) is 10.1. The summed E-state index contributed by atoms with van der Waals surface area (Å²) in [7, 11) is 1.79. The van der Waals surface area contributed by atoms with Gasteiger partial charge in [-0.05, 0) is 26.0 Å². The molecule has 0 saturated carbocycles. The number of nitrogens with zero attached hydrogens (tertiary/aromatic N) is 5. The standard InChI is InChI=1S/C15H21N5O/c1-4-19-11-13(10-17-19)6-7-15(21)18(3)12-14-8-9-16-20(14)5-2/h6-11H,4-5,12H2,1-3H3/b7-6+. The van der Waals surface area contributed by atoms with E-state index in [-0.39, 0.29) is 5.91 Å². The van der Waals surface area contributed by atoms with Crippen LogP contribution in [0.25, 0.3) is 6.08 Å². The second-order valence-corrected chi connectivity index (χ2v) is 4.80. The van der Waals surface area contributed by atoms with Crippen molar-refractivity contribution in [1.82, 2.24) is 24.5 Å². The third kappa shape index (κ3) is 3.81. The summed E-state index contributed by atoms with van der Waals surface area (Å²) in [5, 5.41) is 8.37. The first kappa shape index (κ1) is 15.0. The Bertz CT molecular complexity index is 626. The van der Waals surface area contributed by atoms with Crippen molar-refractivity contribution in [1.29, 1.82) is 0 Å². The summed E-state index contributed by atoms with van der Waals surface area (Å²) in [6.07, 6.45) is 8.78. The summed E-state index contributed by atoms with van der Waals surface area (Å²) in [5.41, 5.74) is 1.96. The lowest BCUT2D eigenvalue weighted by Gasteiger charge is -2.15. The molecular formula is C15H21N5O. The Kier molecular flexibility index (Phi) is 4.92. The minimum absolute atomic E-state index is 0.0388. The van der Waals surface area contributed by atoms with Crippen molar-refractivity contribution in [2.75, 3.05) is 7.05 Å². The van der Waals surface area contributed by atoms with E-state index in [0.29, 0.717) is 6.54 Å². The molecule has 2 rings (SSSR count). The van der Waals surface area contributed by atoms with E-state index in [2.05, 4.69) is 10.2 Å². The zero-order valence-electron chi connectivity index (χ0n) is 12.7. The van der Waals surface area contributed by atoms with Gasteiger partial charge in [0.2, 0.25) is 5.91 Å². The van der Waals surface area contributed by atoms with Crippen LogP contribution in [-0.2, 0) is 24.4 Å². The second kappa shape index (κ2) is 6.88. The van der Waals surface area contributed by atoms with Crippen LogP contribution in [0.4, 0.5) is 0 Å². The predicted molar refractivity (Wildman–Crippen MR) is 81.3 cm³/mol. The van der Waals surface area contributed by atoms with Gasteiger partial charge in [0.25, 0.3) is 0 Å². The summed E-state index contributed by atoms with van der Waals surface area (Å²) in [6.45, 7) is 6.23. The predicted octanol–water partition coefficient (Wildman–Crippen LogP) is 1.79. The number of hydrogen-bond donors (Lipinski definition) is 0. The summed E-state index contributed by atoms with van der Waals surface area (Å²) >= 11 is 0. The third-order valence-electron chi connectivity index (χ3n) is 3.28. The van der Waals surface area contributed by atoms with Crippen LogP contribution in [0.5, 0.6) is 0 Å². The topological polar surface area (TPSA) is 56.0 Å². The molecule has 1 amide bonds. The molecule has 0 atom stereocenters. The number of rotatable bonds is 6. The molecule has 0 spiro atoms. The second-order valence-electron chi connectivity index (χ2n) is 4.80. The van der Waals surface area contributed by atoms with E-state index in [1.807, 2.05) is 35.5 Å². The van der Waals surface area contributed by atoms with E-state index >= 15 is 0 Å². The van der Waals surface area contributed by atoms with E-state index < -0.39 is 0 Å². The Labute approximate surface area is 124 Å². The van der Waals surface area contributed by atoms with Crippen LogP contribution in [0.3, 0.4) is 0 Å². The normalized spacial score (nSPS) is 11.2. The Morgan fingerprint density at radius 2 is 2.14 bits per heavy atom. The van der Waals surface area contributed by atoms with Gasteiger partial charge >= 0.3 is 0 Å². The highest BCUT2D eigenvalue weighted by Gasteiger charge is 2.09. The SMILES string of the molecule is CCn1cc(/C=C/C(=O)N(C)Cc2ccnn2CC)cn1. The van der Waals surface area contributed by atoms with Crippen LogP contribution in [0.15, 0.2) is 30.7 Å². The molecule has 0 saturated heterocycles. The van der Waals surface area contributed by atoms with Crippen molar-refractivity contribution < 1.29 is 4.79 Å². The van der Waals surface area contributed by atoms with Crippen LogP contribution in [-0.4, -0.2) is 37.4 Å². The summed E-state index contributed by atoms with van der Waals surface area (Å²) in [5.74, 6) is -0.0388. The molecule has 0 bridgehead atoms. The molecule has 0 aromatic carbocycles. The smallest absolute Gasteiger partial charge is 0.246 e. The molecule has 6 nitrogen and oxygen atoms in total. The van der Waals surface area contributed by atoms with E-state index in [4.69, 9.17) is 0 Å². The number of carbonyl (C=O) groups is 1. The first-order valence-corrected chi connectivity index (χ1v) is 7.10. The number of carbonyl (C=O) groups excluding carboxylic acids is 1. The highest BCUT2D eigenvalue weighted by atomic mass is 16.2. The van der Waals surface area contributed by atoms with Gasteiger partial charge in [0, 0.05) is 44.2 Å². The van der Waals surface area contributed by atoms with Crippen molar-refractivity contribution in [2.24, 2.45) is 0 Å². The van der Waals surface area contributed by atoms with Gasteiger partial charge in [0.05, 0.1) is 18.4 Å². The summed E-state index contributed by atoms with van der Waals surface area (Å²) in [6, 6.07) is 1.93. The van der Waals surface area contributed by atoms with Gasteiger partial charge < -0.3 is 4.90 Å². The van der Waals surface area contributed by atoms with E-state index in [1.165, 1.54) is 0 Å². The Morgan fingerprint density at radius 1 is 1.33 bits per heavy atom. The summed E-state index contributed by atoms with van der Waals surface area (Å²) in [4.78, 5) is 13.8. The maximum absolute atomic E-state index is 12.1. The van der Waals surface area contributed by atoms with Gasteiger partial charge in [-0.25, -0.2) is 0 Å². The fraction of sp³-hybridized carbons (Fsp3) is 0.400. The molecular weight excluding hydrogens is 266 g/mol. The lowest BCUT2D eigenvalue weighted by atomic mass is 10.3. The molecule has 0 fully saturated rings. The zero-order chi connectivity index (χ0) is 15.2. The largest absolute Gasteiger partial charge is 0.336 e. The van der Waals surface area contributed by atoms with Crippen molar-refractivity contribution in [3.8, 4) is 0 Å². The molecule has 0 radical (unpaired) electrons. The van der Waals surface area contributed by atoms with Gasteiger partial charge in [0.1, 0.15) is 0 Å². The Morgan fingerprint density at radius 3 is 2.81 bits per heavy atom. The molecule has 2 aromatic rings. The molecule has 2 aromatic heterocycles. The van der Waals surface area contributed by atoms with Gasteiger partial charge in [-0.15, -0.1) is 0 Å². The van der Waals surface area contributed by atoms with Crippen LogP contribution >= 0.6 is 0 Å². The van der Waals surface area contributed by atoms with Crippen molar-refractivity contribution in [2.45, 2.75) is 33.5 Å². The number of hydrogen-bond acceptors (Lipinski definition) is 3. The third-order valence-corrected chi connectivity index (χ3v) is 3.28. The molecule has 0 unspecified atom stereocenters. The number of aryl methyl sites for hydroxylation is 2. The van der Waals surface area contributed by atoms with Gasteiger partial charge in [0.15, 0.2) is 0 Å². The molecule has 0 aliphatic carbocycles. The molecule has 21 heavy (non-hydrogen) atoms. The lowest BCUT2D eigenvalue weighted by molar-refractivity contribution is -0.125. The number of amides is 1. The number of likely N-dealkylation sites (N-methyl/N-ethyl adjacent to an activating group) is 1. The van der Waals surface area contributed by atoms with Crippen LogP contribution in [0.2, 0.25) is 0 Å². The van der Waals surface area contributed by atoms with Crippen molar-refractivity contribution in [3.05, 3.63) is 42.0 Å². The van der Waals surface area contributed by atoms with E-state index in [0.717, 1.165) is 24.3 Å². The fourth-order valence-corrected chi connectivity index (χ4v) is 2.03. The van der Waals surface area contributed by atoms with Crippen molar-refractivity contribution in [3.63, 3.8) is 0 Å². The molecule has 112 valence electrons. The highest BCUT2D eigenvalue weighted by Crippen LogP contribution is 2.05. The minimum Gasteiger partial charge on any atom is -0.336 e. The van der Waals surface area contributed by atoms with Crippen LogP contribution in [0, 0.1) is 0 Å². The van der Waals surface area contributed by atoms with Gasteiger partial charge in [-0.1, -0.05) is 0 Å². The van der Waals surface area contributed by atoms with E-state index in [1.54, 1.807) is 36.5 Å². The molecule has 0 aliphatic heterocycles. The first-order valence-electron chi connectivity index (χ1n) is 7.10. The Balaban J connectivity index is 1.96. The summed E-state index contributed by atoms with van der Waals surface area (Å²) < 4.78 is 3.71. The minimum atomic E-state index is -0.0388. The van der Waals surface area contributed by atoms with E-state index in [9.17, 15) is 4.79 Å². The average Bonchev–Trinajstić information content (AvgIpc) is 3.13. The average molecular weight is 287 g/mol. The zero-order valence-corrected chi connectivity index (χ0v) is 12.7. The maximum Gasteiger partial charge on any atom is 0.246 e. The lowest BCUT2D eigenvalue weighted by Crippen LogP contribution is -2.25. The molecule has 6 heteroatoms. The monoisotopic (exact) mass is 287 g/mol. The molecule has 0 aliphatic rings. The van der Waals surface area contributed by atoms with Crippen LogP contribution in [0.1, 0.15) is 25.1 Å². The van der Waals surface area contributed by atoms with Gasteiger partial charge in [-0.3, -0.25) is 14.2 Å². The fourth-order valence-electron chi connectivity index (χ4n) is 2.03. The molecule has 2 heterocycles. The number of aromatic nitrogens is 4. The molecule has 0 N–H and O–H groups in total. The maximum atomic E-state index is 12.1.